The minimum atomic E-state index is -1.05. The maximum atomic E-state index is 14.7. The zero-order valence-electron chi connectivity index (χ0n) is 25.2. The van der Waals surface area contributed by atoms with E-state index in [1.54, 1.807) is 13.8 Å². The molecule has 4 atom stereocenters. The first kappa shape index (κ1) is 28.5. The van der Waals surface area contributed by atoms with E-state index in [0.29, 0.717) is 32.5 Å². The van der Waals surface area contributed by atoms with Crippen LogP contribution in [0.5, 0.6) is 0 Å². The van der Waals surface area contributed by atoms with Gasteiger partial charge in [-0.05, 0) is 70.6 Å². The Hall–Kier alpha value is -3.65. The van der Waals surface area contributed by atoms with Crippen LogP contribution >= 0.6 is 0 Å². The number of H-pyrrole nitrogens is 1. The van der Waals surface area contributed by atoms with E-state index in [2.05, 4.69) is 42.3 Å². The zero-order valence-corrected chi connectivity index (χ0v) is 25.2. The molecule has 222 valence electrons. The summed E-state index contributed by atoms with van der Waals surface area (Å²) in [5.41, 5.74) is 6.85. The van der Waals surface area contributed by atoms with Crippen molar-refractivity contribution in [2.45, 2.75) is 76.9 Å². The molecule has 3 heterocycles. The number of nitrogens with one attached hydrogen (secondary N) is 2. The molecule has 3 aliphatic rings. The van der Waals surface area contributed by atoms with E-state index in [4.69, 9.17) is 5.73 Å². The van der Waals surface area contributed by atoms with Crippen LogP contribution < -0.4 is 11.1 Å². The van der Waals surface area contributed by atoms with Gasteiger partial charge in [0.2, 0.25) is 17.7 Å². The second-order valence-electron chi connectivity index (χ2n) is 13.6. The Morgan fingerprint density at radius 3 is 2.55 bits per heavy atom. The van der Waals surface area contributed by atoms with Crippen molar-refractivity contribution in [2.75, 3.05) is 19.6 Å². The van der Waals surface area contributed by atoms with Gasteiger partial charge in [-0.2, -0.15) is 0 Å². The molecule has 42 heavy (non-hydrogen) atoms. The number of hydrogen-bond acceptors (Lipinski definition) is 4. The number of carbonyl (C=O) groups excluding carboxylic acids is 3. The molecule has 1 aliphatic carbocycles. The molecule has 8 nitrogen and oxygen atoms in total. The summed E-state index contributed by atoms with van der Waals surface area (Å²) in [6, 6.07) is 18.2. The van der Waals surface area contributed by atoms with Crippen molar-refractivity contribution in [3.8, 4) is 0 Å². The average molecular weight is 570 g/mol. The normalized spacial score (nSPS) is 27.7. The summed E-state index contributed by atoms with van der Waals surface area (Å²) in [5.74, 6) is -0.0740. The van der Waals surface area contributed by atoms with Crippen molar-refractivity contribution in [3.63, 3.8) is 0 Å². The quantitative estimate of drug-likeness (QED) is 0.400. The number of carbonyl (C=O) groups is 3. The Kier molecular flexibility index (Phi) is 6.96. The van der Waals surface area contributed by atoms with Crippen LogP contribution in [0.15, 0.2) is 60.8 Å². The lowest BCUT2D eigenvalue weighted by Crippen LogP contribution is -2.55. The van der Waals surface area contributed by atoms with E-state index in [1.807, 2.05) is 52.4 Å². The molecule has 3 aromatic rings. The molecule has 2 aromatic carbocycles. The van der Waals surface area contributed by atoms with Crippen molar-refractivity contribution >= 4 is 28.6 Å². The minimum absolute atomic E-state index is 0.0153. The Labute approximate surface area is 248 Å². The predicted molar refractivity (Wildman–Crippen MR) is 164 cm³/mol. The molecule has 6 rings (SSSR count). The topological polar surface area (TPSA) is 112 Å². The van der Waals surface area contributed by atoms with Gasteiger partial charge < -0.3 is 25.8 Å². The van der Waals surface area contributed by atoms with Crippen molar-refractivity contribution in [2.24, 2.45) is 16.6 Å². The molecule has 2 saturated heterocycles. The Morgan fingerprint density at radius 1 is 1.12 bits per heavy atom. The molecule has 1 aromatic heterocycles. The zero-order chi connectivity index (χ0) is 29.9. The number of aromatic nitrogens is 1. The Balaban J connectivity index is 1.34. The molecule has 3 unspecified atom stereocenters. The van der Waals surface area contributed by atoms with Crippen LogP contribution in [-0.2, 0) is 20.8 Å². The molecule has 1 spiro atoms. The highest BCUT2D eigenvalue weighted by molar-refractivity contribution is 5.94. The van der Waals surface area contributed by atoms with E-state index in [0.717, 1.165) is 34.9 Å². The van der Waals surface area contributed by atoms with E-state index >= 15 is 0 Å². The van der Waals surface area contributed by atoms with Gasteiger partial charge in [0.05, 0.1) is 16.4 Å². The predicted octanol–water partition coefficient (Wildman–Crippen LogP) is 3.97. The van der Waals surface area contributed by atoms with Crippen LogP contribution in [0.2, 0.25) is 0 Å². The third kappa shape index (κ3) is 4.70. The maximum absolute atomic E-state index is 14.7. The largest absolute Gasteiger partial charge is 0.361 e. The SMILES string of the molecule is CC(C)N1CC(c2ccccc2)C2(CCCN(C(=O)C3(Cc4c[nH]c5ccccc45)C[C@@H]3NC(=O)C(C)(C)N)C2)C1=O. The molecule has 0 bridgehead atoms. The second kappa shape index (κ2) is 10.3. The standard InChI is InChI=1S/C34H43N5O3/c1-22(2)39-20-26(23-11-6-5-7-12-23)33(31(39)42)15-10-16-38(21-33)30(41)34(18-28(34)37-29(40)32(3,4)35)17-24-19-36-27-14-9-8-13-25(24)27/h5-9,11-14,19,22,26,28,36H,10,15-18,20-21,35H2,1-4H3,(H,37,40)/t26?,28-,33?,34?/m0/s1. The highest BCUT2D eigenvalue weighted by Gasteiger charge is 2.64. The van der Waals surface area contributed by atoms with Gasteiger partial charge in [0.15, 0.2) is 0 Å². The van der Waals surface area contributed by atoms with E-state index in [1.165, 1.54) is 0 Å². The fourth-order valence-corrected chi connectivity index (χ4v) is 7.44. The average Bonchev–Trinajstić information content (AvgIpc) is 3.38. The van der Waals surface area contributed by atoms with Crippen molar-refractivity contribution in [1.29, 1.82) is 0 Å². The number of hydrogen-bond donors (Lipinski definition) is 3. The van der Waals surface area contributed by atoms with Crippen molar-refractivity contribution in [3.05, 3.63) is 71.9 Å². The fraction of sp³-hybridized carbons (Fsp3) is 0.500. The number of likely N-dealkylation sites (tertiary alicyclic amines) is 2. The summed E-state index contributed by atoms with van der Waals surface area (Å²) in [6.45, 7) is 9.15. The number of nitrogens with two attached hydrogens (primary N) is 1. The van der Waals surface area contributed by atoms with Gasteiger partial charge in [-0.3, -0.25) is 14.4 Å². The number of amides is 3. The summed E-state index contributed by atoms with van der Waals surface area (Å²) in [5, 5.41) is 4.18. The molecule has 1 saturated carbocycles. The number of benzene rings is 2. The molecule has 3 fully saturated rings. The maximum Gasteiger partial charge on any atom is 0.239 e. The van der Waals surface area contributed by atoms with Gasteiger partial charge in [-0.1, -0.05) is 48.5 Å². The molecular weight excluding hydrogens is 526 g/mol. The number of rotatable bonds is 7. The van der Waals surface area contributed by atoms with Crippen LogP contribution in [0.25, 0.3) is 10.9 Å². The number of aromatic amines is 1. The van der Waals surface area contributed by atoms with E-state index in [9.17, 15) is 14.4 Å². The first-order chi connectivity index (χ1) is 20.0. The first-order valence-corrected chi connectivity index (χ1v) is 15.3. The molecule has 0 radical (unpaired) electrons. The third-order valence-corrected chi connectivity index (χ3v) is 9.94. The summed E-state index contributed by atoms with van der Waals surface area (Å²) >= 11 is 0. The number of fused-ring (bicyclic) bond motifs is 1. The number of nitrogens with zero attached hydrogens (tertiary/aromatic N) is 2. The van der Waals surface area contributed by atoms with Crippen LogP contribution in [0.3, 0.4) is 0 Å². The van der Waals surface area contributed by atoms with Crippen LogP contribution in [0.4, 0.5) is 0 Å². The highest BCUT2D eigenvalue weighted by Crippen LogP contribution is 2.54. The van der Waals surface area contributed by atoms with Crippen molar-refractivity contribution < 1.29 is 14.4 Å². The summed E-state index contributed by atoms with van der Waals surface area (Å²) in [6.07, 6.45) is 4.56. The Morgan fingerprint density at radius 2 is 1.83 bits per heavy atom. The molecular formula is C34H43N5O3. The van der Waals surface area contributed by atoms with E-state index in [-0.39, 0.29) is 35.7 Å². The van der Waals surface area contributed by atoms with Crippen LogP contribution in [0, 0.1) is 10.8 Å². The second-order valence-corrected chi connectivity index (χ2v) is 13.6. The fourth-order valence-electron chi connectivity index (χ4n) is 7.44. The first-order valence-electron chi connectivity index (χ1n) is 15.3. The van der Waals surface area contributed by atoms with Gasteiger partial charge in [0, 0.05) is 54.7 Å². The summed E-state index contributed by atoms with van der Waals surface area (Å²) < 4.78 is 0. The molecule has 3 amide bonds. The smallest absolute Gasteiger partial charge is 0.239 e. The van der Waals surface area contributed by atoms with Gasteiger partial charge >= 0.3 is 0 Å². The summed E-state index contributed by atoms with van der Waals surface area (Å²) in [4.78, 5) is 49.1. The number of piperidine rings is 1. The lowest BCUT2D eigenvalue weighted by molar-refractivity contribution is -0.147. The lowest BCUT2D eigenvalue weighted by Gasteiger charge is -2.43. The molecule has 2 aliphatic heterocycles. The minimum Gasteiger partial charge on any atom is -0.361 e. The molecule has 8 heteroatoms. The van der Waals surface area contributed by atoms with E-state index < -0.39 is 16.4 Å². The molecule has 4 N–H and O–H groups in total. The summed E-state index contributed by atoms with van der Waals surface area (Å²) in [7, 11) is 0. The Bertz CT molecular complexity index is 1510. The van der Waals surface area contributed by atoms with Gasteiger partial charge in [-0.15, -0.1) is 0 Å². The van der Waals surface area contributed by atoms with Crippen molar-refractivity contribution in [1.82, 2.24) is 20.1 Å². The van der Waals surface area contributed by atoms with Crippen LogP contribution in [-0.4, -0.2) is 69.8 Å². The lowest BCUT2D eigenvalue weighted by atomic mass is 9.68. The highest BCUT2D eigenvalue weighted by atomic mass is 16.2. The van der Waals surface area contributed by atoms with Crippen LogP contribution in [0.1, 0.15) is 64.0 Å². The monoisotopic (exact) mass is 569 g/mol. The van der Waals surface area contributed by atoms with Gasteiger partial charge in [0.1, 0.15) is 0 Å². The number of para-hydroxylation sites is 1. The third-order valence-electron chi connectivity index (χ3n) is 9.94. The van der Waals surface area contributed by atoms with Gasteiger partial charge in [-0.25, -0.2) is 0 Å². The van der Waals surface area contributed by atoms with Gasteiger partial charge in [0.25, 0.3) is 0 Å².